The maximum Gasteiger partial charge on any atom is 0.0325 e. The van der Waals surface area contributed by atoms with E-state index in [4.69, 9.17) is 0 Å². The van der Waals surface area contributed by atoms with Crippen molar-refractivity contribution in [2.24, 2.45) is 0 Å². The Morgan fingerprint density at radius 3 is 2.30 bits per heavy atom. The molecule has 0 aliphatic carbocycles. The lowest BCUT2D eigenvalue weighted by molar-refractivity contribution is 0.513. The minimum absolute atomic E-state index is 0.447. The van der Waals surface area contributed by atoms with Crippen molar-refractivity contribution in [2.45, 2.75) is 39.7 Å². The summed E-state index contributed by atoms with van der Waals surface area (Å²) in [6, 6.07) is 18.0. The van der Waals surface area contributed by atoms with E-state index in [1.165, 1.54) is 22.3 Å². The van der Waals surface area contributed by atoms with Gasteiger partial charge in [0.2, 0.25) is 0 Å². The normalized spacial score (nSPS) is 12.3. The Morgan fingerprint density at radius 2 is 1.65 bits per heavy atom. The molecule has 20 heavy (non-hydrogen) atoms. The first-order valence-electron chi connectivity index (χ1n) is 7.55. The molecule has 2 aromatic carbocycles. The fourth-order valence-corrected chi connectivity index (χ4v) is 2.66. The van der Waals surface area contributed by atoms with Crippen molar-refractivity contribution in [3.63, 3.8) is 0 Å². The van der Waals surface area contributed by atoms with Gasteiger partial charge < -0.3 is 5.32 Å². The van der Waals surface area contributed by atoms with Crippen molar-refractivity contribution >= 4 is 0 Å². The van der Waals surface area contributed by atoms with Gasteiger partial charge >= 0.3 is 0 Å². The summed E-state index contributed by atoms with van der Waals surface area (Å²) < 4.78 is 0. The Bertz CT molecular complexity index is 528. The molecule has 1 unspecified atom stereocenters. The third kappa shape index (κ3) is 3.94. The zero-order valence-corrected chi connectivity index (χ0v) is 12.8. The lowest BCUT2D eigenvalue weighted by atomic mass is 9.95. The lowest BCUT2D eigenvalue weighted by Gasteiger charge is -2.20. The van der Waals surface area contributed by atoms with Crippen LogP contribution in [-0.4, -0.2) is 6.54 Å². The summed E-state index contributed by atoms with van der Waals surface area (Å²) >= 11 is 0. The summed E-state index contributed by atoms with van der Waals surface area (Å²) in [5.41, 5.74) is 5.56. The van der Waals surface area contributed by atoms with Crippen LogP contribution in [0.2, 0.25) is 0 Å². The Balaban J connectivity index is 2.06. The molecule has 0 aromatic heterocycles. The van der Waals surface area contributed by atoms with Gasteiger partial charge in [-0.25, -0.2) is 0 Å². The van der Waals surface area contributed by atoms with E-state index < -0.39 is 0 Å². The van der Waals surface area contributed by atoms with Gasteiger partial charge in [-0.05, 0) is 49.9 Å². The third-order valence-electron chi connectivity index (χ3n) is 3.86. The highest BCUT2D eigenvalue weighted by Crippen LogP contribution is 2.22. The molecule has 0 bridgehead atoms. The van der Waals surface area contributed by atoms with Crippen molar-refractivity contribution in [3.8, 4) is 0 Å². The molecule has 1 atom stereocenters. The van der Waals surface area contributed by atoms with Crippen molar-refractivity contribution < 1.29 is 0 Å². The molecule has 0 saturated heterocycles. The Labute approximate surface area is 123 Å². The van der Waals surface area contributed by atoms with Crippen molar-refractivity contribution in [1.82, 2.24) is 5.32 Å². The van der Waals surface area contributed by atoms with Crippen LogP contribution in [-0.2, 0) is 6.42 Å². The van der Waals surface area contributed by atoms with Gasteiger partial charge in [0.05, 0.1) is 0 Å². The van der Waals surface area contributed by atoms with E-state index in [1.54, 1.807) is 0 Å². The third-order valence-corrected chi connectivity index (χ3v) is 3.86. The molecule has 0 saturated carbocycles. The van der Waals surface area contributed by atoms with Gasteiger partial charge in [0.1, 0.15) is 0 Å². The maximum absolute atomic E-state index is 3.62. The molecule has 0 amide bonds. The number of benzene rings is 2. The minimum atomic E-state index is 0.447. The van der Waals surface area contributed by atoms with Gasteiger partial charge in [0, 0.05) is 6.04 Å². The van der Waals surface area contributed by atoms with Crippen LogP contribution in [0.3, 0.4) is 0 Å². The van der Waals surface area contributed by atoms with E-state index in [-0.39, 0.29) is 0 Å². The van der Waals surface area contributed by atoms with E-state index >= 15 is 0 Å². The molecule has 2 aromatic rings. The van der Waals surface area contributed by atoms with Gasteiger partial charge in [0.25, 0.3) is 0 Å². The molecule has 0 aliphatic heterocycles. The van der Waals surface area contributed by atoms with E-state index in [9.17, 15) is 0 Å². The van der Waals surface area contributed by atoms with Crippen LogP contribution in [0.5, 0.6) is 0 Å². The van der Waals surface area contributed by atoms with Crippen LogP contribution in [0.15, 0.2) is 48.5 Å². The predicted octanol–water partition coefficient (Wildman–Crippen LogP) is 4.59. The van der Waals surface area contributed by atoms with Gasteiger partial charge in [0.15, 0.2) is 0 Å². The van der Waals surface area contributed by atoms with Crippen molar-refractivity contribution in [2.75, 3.05) is 6.54 Å². The highest BCUT2D eigenvalue weighted by Gasteiger charge is 2.12. The molecule has 0 spiro atoms. The summed E-state index contributed by atoms with van der Waals surface area (Å²) in [4.78, 5) is 0. The molecule has 1 heteroatoms. The molecule has 1 nitrogen and oxygen atoms in total. The summed E-state index contributed by atoms with van der Waals surface area (Å²) in [7, 11) is 0. The monoisotopic (exact) mass is 267 g/mol. The molecule has 0 fully saturated rings. The second-order valence-electron chi connectivity index (χ2n) is 5.49. The first kappa shape index (κ1) is 14.8. The Hall–Kier alpha value is -1.60. The second-order valence-corrected chi connectivity index (χ2v) is 5.49. The average molecular weight is 267 g/mol. The van der Waals surface area contributed by atoms with E-state index in [0.29, 0.717) is 6.04 Å². The topological polar surface area (TPSA) is 12.0 Å². The SMILES string of the molecule is CCNC(CCc1ccc(C)cc1)c1ccccc1C. The summed E-state index contributed by atoms with van der Waals surface area (Å²) in [5, 5.41) is 3.62. The van der Waals surface area contributed by atoms with E-state index in [0.717, 1.165) is 19.4 Å². The van der Waals surface area contributed by atoms with Gasteiger partial charge in [-0.3, -0.25) is 0 Å². The van der Waals surface area contributed by atoms with Gasteiger partial charge in [-0.15, -0.1) is 0 Å². The molecule has 0 radical (unpaired) electrons. The van der Waals surface area contributed by atoms with Crippen LogP contribution < -0.4 is 5.32 Å². The summed E-state index contributed by atoms with van der Waals surface area (Å²) in [5.74, 6) is 0. The summed E-state index contributed by atoms with van der Waals surface area (Å²) in [6.07, 6.45) is 2.26. The highest BCUT2D eigenvalue weighted by atomic mass is 14.9. The van der Waals surface area contributed by atoms with Crippen LogP contribution >= 0.6 is 0 Å². The quantitative estimate of drug-likeness (QED) is 0.807. The van der Waals surface area contributed by atoms with Crippen molar-refractivity contribution in [3.05, 3.63) is 70.8 Å². The van der Waals surface area contributed by atoms with Gasteiger partial charge in [-0.1, -0.05) is 61.0 Å². The zero-order valence-electron chi connectivity index (χ0n) is 12.8. The average Bonchev–Trinajstić information content (AvgIpc) is 2.46. The lowest BCUT2D eigenvalue weighted by Crippen LogP contribution is -2.22. The number of hydrogen-bond acceptors (Lipinski definition) is 1. The van der Waals surface area contributed by atoms with Crippen molar-refractivity contribution in [1.29, 1.82) is 0 Å². The summed E-state index contributed by atoms with van der Waals surface area (Å²) in [6.45, 7) is 7.52. The van der Waals surface area contributed by atoms with Crippen LogP contribution in [0, 0.1) is 13.8 Å². The maximum atomic E-state index is 3.62. The van der Waals surface area contributed by atoms with Gasteiger partial charge in [-0.2, -0.15) is 0 Å². The minimum Gasteiger partial charge on any atom is -0.310 e. The first-order chi connectivity index (χ1) is 9.70. The Kier molecular flexibility index (Phi) is 5.37. The fraction of sp³-hybridized carbons (Fsp3) is 0.368. The smallest absolute Gasteiger partial charge is 0.0325 e. The fourth-order valence-electron chi connectivity index (χ4n) is 2.66. The largest absolute Gasteiger partial charge is 0.310 e. The van der Waals surface area contributed by atoms with Crippen LogP contribution in [0.4, 0.5) is 0 Å². The molecule has 1 N–H and O–H groups in total. The van der Waals surface area contributed by atoms with E-state index in [1.807, 2.05) is 0 Å². The molecule has 0 aliphatic rings. The Morgan fingerprint density at radius 1 is 0.950 bits per heavy atom. The molecular formula is C19H25N. The highest BCUT2D eigenvalue weighted by molar-refractivity contribution is 5.29. The molecule has 0 heterocycles. The number of hydrogen-bond donors (Lipinski definition) is 1. The van der Waals surface area contributed by atoms with Crippen LogP contribution in [0.1, 0.15) is 41.6 Å². The standard InChI is InChI=1S/C19H25N/c1-4-20-19(18-8-6-5-7-16(18)3)14-13-17-11-9-15(2)10-12-17/h5-12,19-20H,4,13-14H2,1-3H3. The second kappa shape index (κ2) is 7.25. The predicted molar refractivity (Wildman–Crippen MR) is 87.1 cm³/mol. The first-order valence-corrected chi connectivity index (χ1v) is 7.55. The number of rotatable bonds is 6. The number of aryl methyl sites for hydroxylation is 3. The van der Waals surface area contributed by atoms with E-state index in [2.05, 4.69) is 74.6 Å². The zero-order chi connectivity index (χ0) is 14.4. The van der Waals surface area contributed by atoms with Crippen LogP contribution in [0.25, 0.3) is 0 Å². The molecular weight excluding hydrogens is 242 g/mol. The number of nitrogens with one attached hydrogen (secondary N) is 1. The molecule has 106 valence electrons. The molecule has 2 rings (SSSR count).